The van der Waals surface area contributed by atoms with Gasteiger partial charge in [-0.25, -0.2) is 9.18 Å². The molecule has 10 heteroatoms. The molecule has 0 radical (unpaired) electrons. The fourth-order valence-electron chi connectivity index (χ4n) is 3.04. The third kappa shape index (κ3) is 9.28. The molecule has 31 heavy (non-hydrogen) atoms. The molecule has 0 unspecified atom stereocenters. The van der Waals surface area contributed by atoms with E-state index in [0.717, 1.165) is 13.0 Å². The maximum atomic E-state index is 13.7. The molecule has 1 heterocycles. The quantitative estimate of drug-likeness (QED) is 0.220. The summed E-state index contributed by atoms with van der Waals surface area (Å²) in [6, 6.07) is 5.84. The highest BCUT2D eigenvalue weighted by Crippen LogP contribution is 2.12. The Morgan fingerprint density at radius 2 is 1.97 bits per heavy atom. The molecule has 2 rings (SSSR count). The first kappa shape index (κ1) is 26.9. The summed E-state index contributed by atoms with van der Waals surface area (Å²) >= 11 is 0. The van der Waals surface area contributed by atoms with E-state index in [9.17, 15) is 14.0 Å². The molecule has 0 saturated carbocycles. The fourth-order valence-corrected chi connectivity index (χ4v) is 3.04. The highest BCUT2D eigenvalue weighted by molar-refractivity contribution is 14.0. The molecule has 0 aliphatic carbocycles. The number of hydrogen-bond acceptors (Lipinski definition) is 4. The maximum Gasteiger partial charge on any atom is 0.407 e. The monoisotopic (exact) mass is 549 g/mol. The number of halogens is 2. The van der Waals surface area contributed by atoms with Gasteiger partial charge in [-0.15, -0.1) is 24.0 Å². The second kappa shape index (κ2) is 12.7. The van der Waals surface area contributed by atoms with Crippen molar-refractivity contribution in [2.45, 2.75) is 45.8 Å². The summed E-state index contributed by atoms with van der Waals surface area (Å²) < 4.78 is 19.0. The largest absolute Gasteiger partial charge is 0.444 e. The Kier molecular flexibility index (Phi) is 11.0. The van der Waals surface area contributed by atoms with Crippen LogP contribution in [0.25, 0.3) is 0 Å². The zero-order chi connectivity index (χ0) is 22.1. The number of likely N-dealkylation sites (tertiary alicyclic amines) is 1. The van der Waals surface area contributed by atoms with E-state index in [1.807, 2.05) is 27.7 Å². The predicted octanol–water partition coefficient (Wildman–Crippen LogP) is 2.74. The highest BCUT2D eigenvalue weighted by Gasteiger charge is 2.27. The fraction of sp³-hybridized carbons (Fsp3) is 0.571. The minimum atomic E-state index is -0.549. The number of carbonyl (C=O) groups is 2. The van der Waals surface area contributed by atoms with Crippen molar-refractivity contribution in [3.63, 3.8) is 0 Å². The summed E-state index contributed by atoms with van der Waals surface area (Å²) in [5.41, 5.74) is -0.518. The van der Waals surface area contributed by atoms with Crippen LogP contribution >= 0.6 is 24.0 Å². The van der Waals surface area contributed by atoms with E-state index in [-0.39, 0.29) is 42.1 Å². The molecule has 2 amide bonds. The van der Waals surface area contributed by atoms with Crippen molar-refractivity contribution in [1.82, 2.24) is 20.9 Å². The molecule has 3 N–H and O–H groups in total. The summed E-state index contributed by atoms with van der Waals surface area (Å²) in [5, 5.41) is 8.79. The molecular weight excluding hydrogens is 516 g/mol. The number of benzene rings is 1. The molecule has 0 spiro atoms. The minimum absolute atomic E-state index is 0. The first-order valence-corrected chi connectivity index (χ1v) is 10.2. The second-order valence-electron chi connectivity index (χ2n) is 8.05. The van der Waals surface area contributed by atoms with Crippen LogP contribution in [0.4, 0.5) is 9.18 Å². The Balaban J connectivity index is 0.00000480. The number of carbonyl (C=O) groups excluding carboxylic acids is 2. The van der Waals surface area contributed by atoms with Crippen molar-refractivity contribution < 1.29 is 18.7 Å². The smallest absolute Gasteiger partial charge is 0.407 e. The first-order chi connectivity index (χ1) is 14.2. The van der Waals surface area contributed by atoms with Gasteiger partial charge in [0.05, 0.1) is 18.2 Å². The van der Waals surface area contributed by atoms with E-state index in [0.29, 0.717) is 25.6 Å². The highest BCUT2D eigenvalue weighted by atomic mass is 127. The molecule has 1 aromatic carbocycles. The van der Waals surface area contributed by atoms with Crippen LogP contribution in [0.1, 0.15) is 44.5 Å². The number of guanidine groups is 1. The number of hydrogen-bond donors (Lipinski definition) is 3. The SMILES string of the molecule is CCNC(=NCCNC(=O)c1ccccc1F)N1CC[C@@H](NC(=O)OC(C)(C)C)C1.I. The molecule has 1 saturated heterocycles. The zero-order valence-corrected chi connectivity index (χ0v) is 20.9. The Morgan fingerprint density at radius 3 is 2.61 bits per heavy atom. The van der Waals surface area contributed by atoms with E-state index in [4.69, 9.17) is 4.74 Å². The van der Waals surface area contributed by atoms with E-state index in [1.54, 1.807) is 12.1 Å². The van der Waals surface area contributed by atoms with Crippen molar-refractivity contribution in [1.29, 1.82) is 0 Å². The third-order valence-electron chi connectivity index (χ3n) is 4.32. The van der Waals surface area contributed by atoms with Gasteiger partial charge in [0.25, 0.3) is 5.91 Å². The molecule has 0 bridgehead atoms. The molecule has 1 aliphatic rings. The zero-order valence-electron chi connectivity index (χ0n) is 18.5. The summed E-state index contributed by atoms with van der Waals surface area (Å²) in [6.45, 7) is 10.2. The lowest BCUT2D eigenvalue weighted by Crippen LogP contribution is -2.44. The van der Waals surface area contributed by atoms with E-state index in [2.05, 4.69) is 25.8 Å². The molecular formula is C21H33FIN5O3. The van der Waals surface area contributed by atoms with Gasteiger partial charge in [0.15, 0.2) is 5.96 Å². The number of rotatable bonds is 6. The van der Waals surface area contributed by atoms with Crippen LogP contribution in [-0.2, 0) is 4.74 Å². The van der Waals surface area contributed by atoms with Crippen molar-refractivity contribution in [2.75, 3.05) is 32.7 Å². The van der Waals surface area contributed by atoms with Gasteiger partial charge < -0.3 is 25.6 Å². The molecule has 174 valence electrons. The van der Waals surface area contributed by atoms with Crippen LogP contribution in [0.15, 0.2) is 29.3 Å². The van der Waals surface area contributed by atoms with E-state index >= 15 is 0 Å². The standard InChI is InChI=1S/C21H32FN5O3.HI/c1-5-23-19(25-12-11-24-18(28)16-8-6-7-9-17(16)22)27-13-10-15(14-27)26-20(29)30-21(2,3)4;/h6-9,15H,5,10-14H2,1-4H3,(H,23,25)(H,24,28)(H,26,29);1H/t15-;/m1./s1. The Bertz CT molecular complexity index is 770. The van der Waals surface area contributed by atoms with Crippen LogP contribution in [0.2, 0.25) is 0 Å². The summed E-state index contributed by atoms with van der Waals surface area (Å²) in [5.74, 6) is -0.297. The minimum Gasteiger partial charge on any atom is -0.444 e. The van der Waals surface area contributed by atoms with Crippen molar-refractivity contribution >= 4 is 41.9 Å². The number of nitrogens with one attached hydrogen (secondary N) is 3. The van der Waals surface area contributed by atoms with Crippen LogP contribution in [0.5, 0.6) is 0 Å². The average Bonchev–Trinajstić information content (AvgIpc) is 3.11. The number of ether oxygens (including phenoxy) is 1. The third-order valence-corrected chi connectivity index (χ3v) is 4.32. The summed E-state index contributed by atoms with van der Waals surface area (Å²) in [6.07, 6.45) is 0.361. The lowest BCUT2D eigenvalue weighted by atomic mass is 10.2. The van der Waals surface area contributed by atoms with Gasteiger partial charge in [-0.2, -0.15) is 0 Å². The lowest BCUT2D eigenvalue weighted by Gasteiger charge is -2.23. The van der Waals surface area contributed by atoms with Gasteiger partial charge in [-0.3, -0.25) is 9.79 Å². The Morgan fingerprint density at radius 1 is 1.26 bits per heavy atom. The van der Waals surface area contributed by atoms with Crippen LogP contribution < -0.4 is 16.0 Å². The van der Waals surface area contributed by atoms with E-state index < -0.39 is 23.4 Å². The maximum absolute atomic E-state index is 13.7. The molecule has 1 aliphatic heterocycles. The Hall–Kier alpha value is -2.11. The molecule has 1 aromatic rings. The summed E-state index contributed by atoms with van der Waals surface area (Å²) in [7, 11) is 0. The van der Waals surface area contributed by atoms with Gasteiger partial charge in [-0.05, 0) is 46.2 Å². The van der Waals surface area contributed by atoms with Gasteiger partial charge in [0.1, 0.15) is 11.4 Å². The number of nitrogens with zero attached hydrogens (tertiary/aromatic N) is 2. The molecule has 8 nitrogen and oxygen atoms in total. The number of alkyl carbamates (subject to hydrolysis) is 1. The number of aliphatic imine (C=N–C) groups is 1. The molecule has 1 atom stereocenters. The van der Waals surface area contributed by atoms with Gasteiger partial charge in [-0.1, -0.05) is 12.1 Å². The van der Waals surface area contributed by atoms with Gasteiger partial charge in [0, 0.05) is 26.2 Å². The lowest BCUT2D eigenvalue weighted by molar-refractivity contribution is 0.0507. The number of amides is 2. The Labute approximate surface area is 200 Å². The topological polar surface area (TPSA) is 95.1 Å². The van der Waals surface area contributed by atoms with Crippen LogP contribution in [0.3, 0.4) is 0 Å². The first-order valence-electron chi connectivity index (χ1n) is 10.2. The van der Waals surface area contributed by atoms with Crippen molar-refractivity contribution in [3.05, 3.63) is 35.6 Å². The average molecular weight is 549 g/mol. The normalized spacial score (nSPS) is 16.4. The van der Waals surface area contributed by atoms with Crippen molar-refractivity contribution in [3.8, 4) is 0 Å². The van der Waals surface area contributed by atoms with Crippen LogP contribution in [-0.4, -0.2) is 67.2 Å². The molecule has 0 aromatic heterocycles. The summed E-state index contributed by atoms with van der Waals surface area (Å²) in [4.78, 5) is 30.6. The van der Waals surface area contributed by atoms with Gasteiger partial charge >= 0.3 is 6.09 Å². The van der Waals surface area contributed by atoms with Crippen LogP contribution in [0, 0.1) is 5.82 Å². The van der Waals surface area contributed by atoms with E-state index in [1.165, 1.54) is 12.1 Å². The second-order valence-corrected chi connectivity index (χ2v) is 8.05. The van der Waals surface area contributed by atoms with Gasteiger partial charge in [0.2, 0.25) is 0 Å². The molecule has 1 fully saturated rings. The predicted molar refractivity (Wildman–Crippen MR) is 129 cm³/mol. The van der Waals surface area contributed by atoms with Crippen molar-refractivity contribution in [2.24, 2.45) is 4.99 Å².